The molecule has 5 rings (SSSR count). The van der Waals surface area contributed by atoms with Gasteiger partial charge < -0.3 is 14.3 Å². The van der Waals surface area contributed by atoms with Crippen molar-refractivity contribution in [3.63, 3.8) is 0 Å². The first kappa shape index (κ1) is 29.5. The van der Waals surface area contributed by atoms with Gasteiger partial charge in [-0.15, -0.1) is 0 Å². The van der Waals surface area contributed by atoms with Crippen LogP contribution >= 0.6 is 11.6 Å². The molecule has 4 aromatic rings. The molecule has 8 nitrogen and oxygen atoms in total. The van der Waals surface area contributed by atoms with Crippen molar-refractivity contribution in [2.45, 2.75) is 46.2 Å². The molecule has 0 radical (unpaired) electrons. The van der Waals surface area contributed by atoms with Crippen molar-refractivity contribution >= 4 is 29.1 Å². The van der Waals surface area contributed by atoms with E-state index < -0.39 is 0 Å². The Bertz CT molecular complexity index is 1510. The highest BCUT2D eigenvalue weighted by atomic mass is 35.5. The van der Waals surface area contributed by atoms with E-state index in [-0.39, 0.29) is 11.8 Å². The van der Waals surface area contributed by atoms with E-state index in [0.29, 0.717) is 54.6 Å². The third kappa shape index (κ3) is 6.89. The lowest BCUT2D eigenvalue weighted by Gasteiger charge is -2.28. The molecule has 0 saturated heterocycles. The van der Waals surface area contributed by atoms with E-state index in [2.05, 4.69) is 27.2 Å². The zero-order valence-electron chi connectivity index (χ0n) is 24.1. The molecule has 1 aliphatic rings. The number of fused-ring (bicyclic) bond motifs is 1. The van der Waals surface area contributed by atoms with Crippen molar-refractivity contribution in [1.82, 2.24) is 19.9 Å². The molecule has 0 N–H and O–H groups in total. The number of benzene rings is 2. The van der Waals surface area contributed by atoms with Gasteiger partial charge in [0.15, 0.2) is 0 Å². The Kier molecular flexibility index (Phi) is 9.66. The minimum absolute atomic E-state index is 0.0580. The summed E-state index contributed by atoms with van der Waals surface area (Å²) >= 11 is 6.47. The fourth-order valence-electron chi connectivity index (χ4n) is 5.42. The Balaban J connectivity index is 1.54. The predicted octanol–water partition coefficient (Wildman–Crippen LogP) is 6.38. The van der Waals surface area contributed by atoms with Crippen LogP contribution in [0.5, 0.6) is 0 Å². The van der Waals surface area contributed by atoms with Crippen LogP contribution in [-0.4, -0.2) is 57.9 Å². The summed E-state index contributed by atoms with van der Waals surface area (Å²) in [5, 5.41) is 4.80. The Labute approximate surface area is 251 Å². The maximum absolute atomic E-state index is 14.4. The summed E-state index contributed by atoms with van der Waals surface area (Å²) in [5.41, 5.74) is 4.51. The second-order valence-electron chi connectivity index (χ2n) is 10.6. The molecule has 0 bridgehead atoms. The summed E-state index contributed by atoms with van der Waals surface area (Å²) in [6, 6.07) is 19.5. The summed E-state index contributed by atoms with van der Waals surface area (Å²) in [4.78, 5) is 37.9. The SMILES string of the molecule is CCCC(=O)N1CCCN(Cc2ccccc2)CCN(C(=O)c2c(-c3ccncc3)noc2C)Cc2ccc(Cl)cc21. The average molecular weight is 586 g/mol. The fraction of sp³-hybridized carbons (Fsp3) is 0.333. The number of rotatable bonds is 6. The van der Waals surface area contributed by atoms with Crippen LogP contribution < -0.4 is 4.90 Å². The summed E-state index contributed by atoms with van der Waals surface area (Å²) in [7, 11) is 0. The van der Waals surface area contributed by atoms with Gasteiger partial charge in [0.1, 0.15) is 17.0 Å². The number of amides is 2. The van der Waals surface area contributed by atoms with E-state index in [1.807, 2.05) is 65.3 Å². The van der Waals surface area contributed by atoms with Gasteiger partial charge in [-0.2, -0.15) is 0 Å². The number of carbonyl (C=O) groups excluding carboxylic acids is 2. The first-order chi connectivity index (χ1) is 20.4. The van der Waals surface area contributed by atoms with Crippen molar-refractivity contribution < 1.29 is 14.1 Å². The summed E-state index contributed by atoms with van der Waals surface area (Å²) in [6.07, 6.45) is 5.32. The maximum Gasteiger partial charge on any atom is 0.260 e. The Morgan fingerprint density at radius 3 is 2.52 bits per heavy atom. The van der Waals surface area contributed by atoms with Gasteiger partial charge in [0.25, 0.3) is 5.91 Å². The topological polar surface area (TPSA) is 82.8 Å². The number of carbonyl (C=O) groups is 2. The molecule has 218 valence electrons. The summed E-state index contributed by atoms with van der Waals surface area (Å²) in [5.74, 6) is 0.341. The van der Waals surface area contributed by atoms with Crippen LogP contribution in [0, 0.1) is 6.92 Å². The van der Waals surface area contributed by atoms with Crippen LogP contribution in [0.15, 0.2) is 77.6 Å². The molecule has 0 atom stereocenters. The molecule has 0 spiro atoms. The molecule has 3 heterocycles. The fourth-order valence-corrected chi connectivity index (χ4v) is 5.59. The van der Waals surface area contributed by atoms with Crippen molar-refractivity contribution in [1.29, 1.82) is 0 Å². The van der Waals surface area contributed by atoms with Gasteiger partial charge in [0.2, 0.25) is 5.91 Å². The van der Waals surface area contributed by atoms with E-state index in [1.165, 1.54) is 5.56 Å². The second-order valence-corrected chi connectivity index (χ2v) is 11.0. The van der Waals surface area contributed by atoms with Crippen molar-refractivity contribution in [3.8, 4) is 11.3 Å². The number of aromatic nitrogens is 2. The summed E-state index contributed by atoms with van der Waals surface area (Å²) < 4.78 is 5.54. The van der Waals surface area contributed by atoms with Crippen LogP contribution in [0.4, 0.5) is 5.69 Å². The predicted molar refractivity (Wildman–Crippen MR) is 164 cm³/mol. The quantitative estimate of drug-likeness (QED) is 0.261. The number of hydrogen-bond donors (Lipinski definition) is 0. The van der Waals surface area contributed by atoms with E-state index in [4.69, 9.17) is 16.1 Å². The lowest BCUT2D eigenvalue weighted by molar-refractivity contribution is -0.118. The molecule has 0 saturated carbocycles. The van der Waals surface area contributed by atoms with Gasteiger partial charge >= 0.3 is 0 Å². The van der Waals surface area contributed by atoms with Gasteiger partial charge in [0.05, 0.1) is 5.69 Å². The third-order valence-corrected chi connectivity index (χ3v) is 7.81. The molecule has 42 heavy (non-hydrogen) atoms. The van der Waals surface area contributed by atoms with Crippen LogP contribution in [-0.2, 0) is 17.9 Å². The van der Waals surface area contributed by atoms with Crippen molar-refractivity contribution in [2.24, 2.45) is 0 Å². The van der Waals surface area contributed by atoms with E-state index >= 15 is 0 Å². The molecule has 2 amide bonds. The molecule has 2 aromatic heterocycles. The van der Waals surface area contributed by atoms with Crippen molar-refractivity contribution in [2.75, 3.05) is 31.1 Å². The van der Waals surface area contributed by atoms with Gasteiger partial charge in [-0.3, -0.25) is 19.5 Å². The van der Waals surface area contributed by atoms with Crippen LogP contribution in [0.3, 0.4) is 0 Å². The Hall–Kier alpha value is -4.01. The number of halogens is 1. The highest BCUT2D eigenvalue weighted by Gasteiger charge is 2.29. The zero-order valence-corrected chi connectivity index (χ0v) is 24.9. The van der Waals surface area contributed by atoms with E-state index in [0.717, 1.165) is 42.7 Å². The van der Waals surface area contributed by atoms with Gasteiger partial charge in [-0.25, -0.2) is 0 Å². The highest BCUT2D eigenvalue weighted by Crippen LogP contribution is 2.31. The maximum atomic E-state index is 14.4. The Morgan fingerprint density at radius 1 is 0.976 bits per heavy atom. The average Bonchev–Trinajstić information content (AvgIpc) is 3.38. The number of nitrogens with zero attached hydrogens (tertiary/aromatic N) is 5. The Morgan fingerprint density at radius 2 is 1.76 bits per heavy atom. The smallest absolute Gasteiger partial charge is 0.260 e. The normalized spacial score (nSPS) is 14.7. The molecular weight excluding hydrogens is 550 g/mol. The largest absolute Gasteiger partial charge is 0.360 e. The molecule has 0 fully saturated rings. The number of pyridine rings is 1. The van der Waals surface area contributed by atoms with Gasteiger partial charge in [-0.1, -0.05) is 60.1 Å². The molecular formula is C33H36ClN5O3. The second kappa shape index (κ2) is 13.8. The highest BCUT2D eigenvalue weighted by molar-refractivity contribution is 6.31. The number of anilines is 1. The lowest BCUT2D eigenvalue weighted by Crippen LogP contribution is -2.38. The van der Waals surface area contributed by atoms with E-state index in [1.54, 1.807) is 19.3 Å². The zero-order chi connectivity index (χ0) is 29.5. The van der Waals surface area contributed by atoms with Crippen LogP contribution in [0.25, 0.3) is 11.3 Å². The standard InChI is InChI=1S/C33H36ClN5O3/c1-3-8-30(40)39-18-7-17-37(22-25-9-5-4-6-10-25)19-20-38(23-27-11-12-28(34)21-29(27)39)33(41)31-24(2)42-36-32(31)26-13-15-35-16-14-26/h4-6,9-16,21H,3,7-8,17-20,22-23H2,1-2H3. The molecule has 0 unspecified atom stereocenters. The first-order valence-electron chi connectivity index (χ1n) is 14.5. The lowest BCUT2D eigenvalue weighted by atomic mass is 10.0. The van der Waals surface area contributed by atoms with Crippen LogP contribution in [0.2, 0.25) is 5.02 Å². The first-order valence-corrected chi connectivity index (χ1v) is 14.8. The molecule has 0 aliphatic carbocycles. The van der Waals surface area contributed by atoms with Crippen LogP contribution in [0.1, 0.15) is 53.4 Å². The van der Waals surface area contributed by atoms with Gasteiger partial charge in [-0.05, 0) is 55.2 Å². The molecule has 1 aliphatic heterocycles. The van der Waals surface area contributed by atoms with Gasteiger partial charge in [0, 0.05) is 68.7 Å². The van der Waals surface area contributed by atoms with E-state index in [9.17, 15) is 9.59 Å². The minimum atomic E-state index is -0.174. The monoisotopic (exact) mass is 585 g/mol. The summed E-state index contributed by atoms with van der Waals surface area (Å²) in [6.45, 7) is 7.32. The molecule has 2 aromatic carbocycles. The number of aryl methyl sites for hydroxylation is 1. The number of hydrogen-bond acceptors (Lipinski definition) is 6. The molecule has 9 heteroatoms. The minimum Gasteiger partial charge on any atom is -0.360 e. The van der Waals surface area contributed by atoms with Crippen molar-refractivity contribution in [3.05, 3.63) is 101 Å². The third-order valence-electron chi connectivity index (χ3n) is 7.57.